The third-order valence-corrected chi connectivity index (χ3v) is 1.86. The Labute approximate surface area is 70.5 Å². The molecule has 1 heterocycles. The van der Waals surface area contributed by atoms with Crippen molar-refractivity contribution in [3.63, 3.8) is 0 Å². The van der Waals surface area contributed by atoms with Gasteiger partial charge in [-0.25, -0.2) is 0 Å². The molecule has 1 amide bonds. The minimum absolute atomic E-state index is 0.0899. The molecule has 4 nitrogen and oxygen atoms in total. The molecule has 0 atom stereocenters. The Morgan fingerprint density at radius 2 is 2.33 bits per heavy atom. The van der Waals surface area contributed by atoms with Crippen LogP contribution in [0.2, 0.25) is 0 Å². The molecule has 12 heavy (non-hydrogen) atoms. The standard InChI is InChI=1S/C8H11NO3/c10-5-1-2-8(12)9-4-3-7(11)6-9/h5H,1-4,6H2. The Morgan fingerprint density at radius 3 is 2.83 bits per heavy atom. The van der Waals surface area contributed by atoms with Crippen molar-refractivity contribution in [2.24, 2.45) is 0 Å². The number of amides is 1. The molecule has 0 aromatic carbocycles. The number of aldehydes is 1. The Morgan fingerprint density at radius 1 is 1.58 bits per heavy atom. The van der Waals surface area contributed by atoms with E-state index in [4.69, 9.17) is 0 Å². The zero-order chi connectivity index (χ0) is 8.97. The quantitative estimate of drug-likeness (QED) is 0.548. The van der Waals surface area contributed by atoms with Gasteiger partial charge in [-0.3, -0.25) is 9.59 Å². The first-order valence-corrected chi connectivity index (χ1v) is 3.97. The van der Waals surface area contributed by atoms with Crippen molar-refractivity contribution in [1.82, 2.24) is 4.90 Å². The number of ketones is 1. The van der Waals surface area contributed by atoms with Gasteiger partial charge in [0.1, 0.15) is 6.29 Å². The Kier molecular flexibility index (Phi) is 2.96. The van der Waals surface area contributed by atoms with Crippen LogP contribution in [0.5, 0.6) is 0 Å². The summed E-state index contributed by atoms with van der Waals surface area (Å²) in [5, 5.41) is 0. The van der Waals surface area contributed by atoms with Crippen molar-refractivity contribution in [2.75, 3.05) is 13.1 Å². The molecule has 0 unspecified atom stereocenters. The summed E-state index contributed by atoms with van der Waals surface area (Å²) in [6.07, 6.45) is 1.67. The molecule has 0 bridgehead atoms. The predicted molar refractivity (Wildman–Crippen MR) is 41.5 cm³/mol. The second-order valence-electron chi connectivity index (χ2n) is 2.81. The van der Waals surface area contributed by atoms with Crippen LogP contribution in [0.1, 0.15) is 19.3 Å². The summed E-state index contributed by atoms with van der Waals surface area (Å²) in [5.74, 6) is 0.0161. The lowest BCUT2D eigenvalue weighted by Gasteiger charge is -2.12. The van der Waals surface area contributed by atoms with Crippen LogP contribution >= 0.6 is 0 Å². The van der Waals surface area contributed by atoms with Crippen LogP contribution in [0.4, 0.5) is 0 Å². The summed E-state index contributed by atoms with van der Waals surface area (Å²) in [5.41, 5.74) is 0. The smallest absolute Gasteiger partial charge is 0.223 e. The number of Topliss-reactive ketones (excluding diaryl/α,β-unsaturated/α-hetero) is 1. The lowest BCUT2D eigenvalue weighted by molar-refractivity contribution is -0.132. The first-order valence-electron chi connectivity index (χ1n) is 3.97. The number of likely N-dealkylation sites (tertiary alicyclic amines) is 1. The molecule has 1 aliphatic heterocycles. The van der Waals surface area contributed by atoms with Crippen molar-refractivity contribution in [2.45, 2.75) is 19.3 Å². The number of nitrogens with zero attached hydrogens (tertiary/aromatic N) is 1. The average molecular weight is 169 g/mol. The van der Waals surface area contributed by atoms with E-state index in [9.17, 15) is 14.4 Å². The summed E-state index contributed by atoms with van der Waals surface area (Å²) in [4.78, 5) is 33.4. The van der Waals surface area contributed by atoms with Gasteiger partial charge in [0.25, 0.3) is 0 Å². The fraction of sp³-hybridized carbons (Fsp3) is 0.625. The van der Waals surface area contributed by atoms with Crippen LogP contribution < -0.4 is 0 Å². The molecule has 0 aromatic rings. The molecular weight excluding hydrogens is 158 g/mol. The highest BCUT2D eigenvalue weighted by molar-refractivity contribution is 5.89. The van der Waals surface area contributed by atoms with Crippen molar-refractivity contribution in [3.05, 3.63) is 0 Å². The number of rotatable bonds is 3. The molecule has 0 aliphatic carbocycles. The van der Waals surface area contributed by atoms with Gasteiger partial charge in [0.05, 0.1) is 6.54 Å². The van der Waals surface area contributed by atoms with Crippen LogP contribution in [0.25, 0.3) is 0 Å². The van der Waals surface area contributed by atoms with E-state index in [2.05, 4.69) is 0 Å². The van der Waals surface area contributed by atoms with Gasteiger partial charge in [0.15, 0.2) is 5.78 Å². The Balaban J connectivity index is 2.32. The van der Waals surface area contributed by atoms with Gasteiger partial charge in [-0.05, 0) is 0 Å². The summed E-state index contributed by atoms with van der Waals surface area (Å²) >= 11 is 0. The van der Waals surface area contributed by atoms with Crippen molar-refractivity contribution < 1.29 is 14.4 Å². The molecule has 1 saturated heterocycles. The molecule has 1 rings (SSSR count). The van der Waals surface area contributed by atoms with Crippen LogP contribution in [0.3, 0.4) is 0 Å². The first kappa shape index (κ1) is 8.90. The SMILES string of the molecule is O=CCCC(=O)N1CCC(=O)C1. The van der Waals surface area contributed by atoms with Gasteiger partial charge in [-0.2, -0.15) is 0 Å². The molecule has 1 fully saturated rings. The van der Waals surface area contributed by atoms with Gasteiger partial charge >= 0.3 is 0 Å². The van der Waals surface area contributed by atoms with E-state index in [1.54, 1.807) is 0 Å². The second kappa shape index (κ2) is 3.99. The van der Waals surface area contributed by atoms with Crippen molar-refractivity contribution in [3.8, 4) is 0 Å². The summed E-state index contributed by atoms with van der Waals surface area (Å²) < 4.78 is 0. The third-order valence-electron chi connectivity index (χ3n) is 1.86. The van der Waals surface area contributed by atoms with Gasteiger partial charge < -0.3 is 9.69 Å². The molecule has 1 aliphatic rings. The average Bonchev–Trinajstić information content (AvgIpc) is 2.47. The number of carbonyl (C=O) groups excluding carboxylic acids is 3. The minimum atomic E-state index is -0.0899. The van der Waals surface area contributed by atoms with Gasteiger partial charge in [-0.1, -0.05) is 0 Å². The van der Waals surface area contributed by atoms with Crippen LogP contribution in [0.15, 0.2) is 0 Å². The van der Waals surface area contributed by atoms with E-state index in [1.165, 1.54) is 4.90 Å². The van der Waals surface area contributed by atoms with Gasteiger partial charge in [0, 0.05) is 25.8 Å². The minimum Gasteiger partial charge on any atom is -0.335 e. The highest BCUT2D eigenvalue weighted by Crippen LogP contribution is 2.06. The molecule has 0 radical (unpaired) electrons. The largest absolute Gasteiger partial charge is 0.335 e. The van der Waals surface area contributed by atoms with E-state index in [-0.39, 0.29) is 31.1 Å². The lowest BCUT2D eigenvalue weighted by Crippen LogP contribution is -2.28. The molecule has 0 saturated carbocycles. The van der Waals surface area contributed by atoms with Gasteiger partial charge in [0.2, 0.25) is 5.91 Å². The maximum atomic E-state index is 11.2. The molecule has 0 spiro atoms. The third kappa shape index (κ3) is 2.15. The topological polar surface area (TPSA) is 54.5 Å². The molecule has 66 valence electrons. The Bertz CT molecular complexity index is 212. The first-order chi connectivity index (χ1) is 5.74. The van der Waals surface area contributed by atoms with E-state index in [1.807, 2.05) is 0 Å². The normalized spacial score (nSPS) is 16.7. The van der Waals surface area contributed by atoms with Crippen molar-refractivity contribution in [1.29, 1.82) is 0 Å². The Hall–Kier alpha value is -1.19. The van der Waals surface area contributed by atoms with E-state index in [0.717, 1.165) is 6.29 Å². The van der Waals surface area contributed by atoms with Crippen LogP contribution in [-0.4, -0.2) is 36.0 Å². The zero-order valence-electron chi connectivity index (χ0n) is 6.78. The summed E-state index contributed by atoms with van der Waals surface area (Å²) in [7, 11) is 0. The zero-order valence-corrected chi connectivity index (χ0v) is 6.78. The molecule has 4 heteroatoms. The second-order valence-corrected chi connectivity index (χ2v) is 2.81. The monoisotopic (exact) mass is 169 g/mol. The molecular formula is C8H11NO3. The van der Waals surface area contributed by atoms with E-state index >= 15 is 0 Å². The maximum absolute atomic E-state index is 11.2. The van der Waals surface area contributed by atoms with Crippen molar-refractivity contribution >= 4 is 18.0 Å². The summed E-state index contributed by atoms with van der Waals surface area (Å²) in [6.45, 7) is 0.758. The highest BCUT2D eigenvalue weighted by atomic mass is 16.2. The number of carbonyl (C=O) groups is 3. The van der Waals surface area contributed by atoms with Crippen LogP contribution in [-0.2, 0) is 14.4 Å². The predicted octanol–water partition coefficient (Wildman–Crippen LogP) is -0.233. The fourth-order valence-corrected chi connectivity index (χ4v) is 1.18. The molecule has 0 aromatic heterocycles. The number of hydrogen-bond donors (Lipinski definition) is 0. The van der Waals surface area contributed by atoms with Crippen LogP contribution in [0, 0.1) is 0 Å². The lowest BCUT2D eigenvalue weighted by atomic mass is 10.3. The van der Waals surface area contributed by atoms with Gasteiger partial charge in [-0.15, -0.1) is 0 Å². The highest BCUT2D eigenvalue weighted by Gasteiger charge is 2.22. The fourth-order valence-electron chi connectivity index (χ4n) is 1.18. The molecule has 0 N–H and O–H groups in total. The number of hydrogen-bond acceptors (Lipinski definition) is 3. The maximum Gasteiger partial charge on any atom is 0.223 e. The van der Waals surface area contributed by atoms with E-state index in [0.29, 0.717) is 13.0 Å². The van der Waals surface area contributed by atoms with E-state index < -0.39 is 0 Å². The summed E-state index contributed by atoms with van der Waals surface area (Å²) in [6, 6.07) is 0.